The van der Waals surface area contributed by atoms with Gasteiger partial charge in [0.2, 0.25) is 0 Å². The van der Waals surface area contributed by atoms with E-state index in [1.807, 2.05) is 43.3 Å². The SMILES string of the molecule is CN(C)c1ccc(N=Nc2ccc3c(c2)C(=O)c2ccccc2C3=O)cc1. The standard InChI is InChI=1S/C22H17N3O2/c1-25(2)16-10-7-14(8-11-16)23-24-15-9-12-19-20(13-15)22(27)18-6-4-3-5-17(18)21(19)26/h3-13H,1-2H3. The third-order valence-corrected chi connectivity index (χ3v) is 4.56. The summed E-state index contributed by atoms with van der Waals surface area (Å²) in [6.07, 6.45) is 0. The van der Waals surface area contributed by atoms with Gasteiger partial charge in [0.25, 0.3) is 0 Å². The van der Waals surface area contributed by atoms with Crippen LogP contribution in [0.5, 0.6) is 0 Å². The Morgan fingerprint density at radius 2 is 1.15 bits per heavy atom. The highest BCUT2D eigenvalue weighted by Crippen LogP contribution is 2.30. The van der Waals surface area contributed by atoms with Gasteiger partial charge in [-0.2, -0.15) is 10.2 Å². The molecule has 0 N–H and O–H groups in total. The van der Waals surface area contributed by atoms with Crippen LogP contribution < -0.4 is 4.90 Å². The summed E-state index contributed by atoms with van der Waals surface area (Å²) in [5, 5.41) is 8.45. The summed E-state index contributed by atoms with van der Waals surface area (Å²) >= 11 is 0. The second-order valence-corrected chi connectivity index (χ2v) is 6.54. The molecule has 132 valence electrons. The molecule has 27 heavy (non-hydrogen) atoms. The van der Waals surface area contributed by atoms with Gasteiger partial charge in [-0.1, -0.05) is 24.3 Å². The Labute approximate surface area is 157 Å². The highest BCUT2D eigenvalue weighted by molar-refractivity contribution is 6.28. The van der Waals surface area contributed by atoms with Gasteiger partial charge in [0.1, 0.15) is 0 Å². The van der Waals surface area contributed by atoms with Crippen LogP contribution in [0.2, 0.25) is 0 Å². The van der Waals surface area contributed by atoms with Crippen molar-refractivity contribution in [3.63, 3.8) is 0 Å². The number of rotatable bonds is 3. The Hall–Kier alpha value is -3.60. The van der Waals surface area contributed by atoms with Crippen molar-refractivity contribution in [1.82, 2.24) is 0 Å². The first kappa shape index (κ1) is 16.8. The van der Waals surface area contributed by atoms with Crippen molar-refractivity contribution in [3.05, 3.63) is 89.0 Å². The van der Waals surface area contributed by atoms with Crippen molar-refractivity contribution in [2.24, 2.45) is 10.2 Å². The van der Waals surface area contributed by atoms with E-state index in [1.165, 1.54) is 0 Å². The van der Waals surface area contributed by atoms with Crippen LogP contribution in [-0.4, -0.2) is 25.7 Å². The van der Waals surface area contributed by atoms with E-state index in [9.17, 15) is 9.59 Å². The molecule has 3 aromatic carbocycles. The molecular formula is C22H17N3O2. The largest absolute Gasteiger partial charge is 0.378 e. The Morgan fingerprint density at radius 1 is 0.630 bits per heavy atom. The number of anilines is 1. The van der Waals surface area contributed by atoms with Crippen LogP contribution in [0.1, 0.15) is 31.8 Å². The lowest BCUT2D eigenvalue weighted by Gasteiger charge is -2.17. The van der Waals surface area contributed by atoms with Crippen LogP contribution in [0, 0.1) is 0 Å². The number of fused-ring (bicyclic) bond motifs is 2. The molecule has 1 aliphatic carbocycles. The molecule has 0 amide bonds. The van der Waals surface area contributed by atoms with E-state index >= 15 is 0 Å². The van der Waals surface area contributed by atoms with Gasteiger partial charge in [-0.05, 0) is 42.5 Å². The number of hydrogen-bond donors (Lipinski definition) is 0. The fourth-order valence-corrected chi connectivity index (χ4v) is 3.08. The van der Waals surface area contributed by atoms with Gasteiger partial charge in [-0.15, -0.1) is 0 Å². The summed E-state index contributed by atoms with van der Waals surface area (Å²) in [5.41, 5.74) is 3.99. The quantitative estimate of drug-likeness (QED) is 0.489. The third kappa shape index (κ3) is 3.04. The first-order chi connectivity index (χ1) is 13.0. The molecule has 5 nitrogen and oxygen atoms in total. The van der Waals surface area contributed by atoms with Crippen LogP contribution in [0.15, 0.2) is 77.0 Å². The van der Waals surface area contributed by atoms with Crippen LogP contribution in [0.4, 0.5) is 17.1 Å². The summed E-state index contributed by atoms with van der Waals surface area (Å²) in [6.45, 7) is 0. The first-order valence-electron chi connectivity index (χ1n) is 8.56. The molecule has 0 saturated carbocycles. The zero-order valence-corrected chi connectivity index (χ0v) is 15.0. The molecule has 0 spiro atoms. The van der Waals surface area contributed by atoms with E-state index < -0.39 is 0 Å². The van der Waals surface area contributed by atoms with Gasteiger partial charge in [0.15, 0.2) is 11.6 Å². The van der Waals surface area contributed by atoms with Gasteiger partial charge in [-0.25, -0.2) is 0 Å². The fraction of sp³-hybridized carbons (Fsp3) is 0.0909. The lowest BCUT2D eigenvalue weighted by molar-refractivity contribution is 0.0979. The molecule has 0 fully saturated rings. The summed E-state index contributed by atoms with van der Waals surface area (Å²) in [5.74, 6) is -0.296. The maximum Gasteiger partial charge on any atom is 0.194 e. The van der Waals surface area contributed by atoms with E-state index in [4.69, 9.17) is 0 Å². The molecule has 1 aliphatic rings. The summed E-state index contributed by atoms with van der Waals surface area (Å²) < 4.78 is 0. The first-order valence-corrected chi connectivity index (χ1v) is 8.56. The minimum absolute atomic E-state index is 0.136. The molecule has 0 aliphatic heterocycles. The molecular weight excluding hydrogens is 338 g/mol. The third-order valence-electron chi connectivity index (χ3n) is 4.56. The Balaban J connectivity index is 1.65. The predicted octanol–water partition coefficient (Wildman–Crippen LogP) is 4.94. The van der Waals surface area contributed by atoms with E-state index in [-0.39, 0.29) is 11.6 Å². The highest BCUT2D eigenvalue weighted by Gasteiger charge is 2.29. The molecule has 5 heteroatoms. The number of azo groups is 1. The van der Waals surface area contributed by atoms with Crippen molar-refractivity contribution in [3.8, 4) is 0 Å². The lowest BCUT2D eigenvalue weighted by atomic mass is 9.84. The van der Waals surface area contributed by atoms with E-state index in [2.05, 4.69) is 10.2 Å². The molecule has 4 rings (SSSR count). The topological polar surface area (TPSA) is 62.1 Å². The monoisotopic (exact) mass is 355 g/mol. The number of carbonyl (C=O) groups is 2. The predicted molar refractivity (Wildman–Crippen MR) is 105 cm³/mol. The van der Waals surface area contributed by atoms with E-state index in [1.54, 1.807) is 42.5 Å². The second-order valence-electron chi connectivity index (χ2n) is 6.54. The molecule has 3 aromatic rings. The summed E-state index contributed by atoms with van der Waals surface area (Å²) in [6, 6.07) is 19.5. The van der Waals surface area contributed by atoms with Crippen molar-refractivity contribution in [2.75, 3.05) is 19.0 Å². The molecule has 0 radical (unpaired) electrons. The maximum atomic E-state index is 12.8. The van der Waals surface area contributed by atoms with E-state index in [0.29, 0.717) is 33.6 Å². The molecule has 0 unspecified atom stereocenters. The number of carbonyl (C=O) groups excluding carboxylic acids is 2. The van der Waals surface area contributed by atoms with Crippen molar-refractivity contribution in [2.45, 2.75) is 0 Å². The van der Waals surface area contributed by atoms with Crippen LogP contribution in [-0.2, 0) is 0 Å². The maximum absolute atomic E-state index is 12.8. The van der Waals surface area contributed by atoms with Crippen molar-refractivity contribution < 1.29 is 9.59 Å². The summed E-state index contributed by atoms with van der Waals surface area (Å²) in [4.78, 5) is 27.4. The number of nitrogens with zero attached hydrogens (tertiary/aromatic N) is 3. The molecule has 0 heterocycles. The minimum Gasteiger partial charge on any atom is -0.378 e. The normalized spacial score (nSPS) is 12.8. The molecule has 0 atom stereocenters. The van der Waals surface area contributed by atoms with E-state index in [0.717, 1.165) is 5.69 Å². The highest BCUT2D eigenvalue weighted by atomic mass is 16.1. The van der Waals surface area contributed by atoms with Crippen LogP contribution >= 0.6 is 0 Å². The average molecular weight is 355 g/mol. The Morgan fingerprint density at radius 3 is 1.78 bits per heavy atom. The van der Waals surface area contributed by atoms with Gasteiger partial charge in [-0.3, -0.25) is 9.59 Å². The Kier molecular flexibility index (Phi) is 4.12. The summed E-state index contributed by atoms with van der Waals surface area (Å²) in [7, 11) is 3.94. The van der Waals surface area contributed by atoms with Crippen LogP contribution in [0.25, 0.3) is 0 Å². The lowest BCUT2D eigenvalue weighted by Crippen LogP contribution is -2.20. The van der Waals surface area contributed by atoms with Gasteiger partial charge >= 0.3 is 0 Å². The smallest absolute Gasteiger partial charge is 0.194 e. The molecule has 0 bridgehead atoms. The number of benzene rings is 3. The second kappa shape index (κ2) is 6.61. The fourth-order valence-electron chi connectivity index (χ4n) is 3.08. The zero-order chi connectivity index (χ0) is 19.0. The average Bonchev–Trinajstić information content (AvgIpc) is 2.70. The minimum atomic E-state index is -0.160. The van der Waals surface area contributed by atoms with Gasteiger partial charge in [0, 0.05) is 42.0 Å². The van der Waals surface area contributed by atoms with Crippen molar-refractivity contribution in [1.29, 1.82) is 0 Å². The van der Waals surface area contributed by atoms with Crippen LogP contribution in [0.3, 0.4) is 0 Å². The molecule has 0 saturated heterocycles. The molecule has 0 aromatic heterocycles. The van der Waals surface area contributed by atoms with Gasteiger partial charge in [0.05, 0.1) is 11.4 Å². The number of ketones is 2. The van der Waals surface area contributed by atoms with Crippen molar-refractivity contribution >= 4 is 28.6 Å². The van der Waals surface area contributed by atoms with Gasteiger partial charge < -0.3 is 4.90 Å². The number of hydrogen-bond acceptors (Lipinski definition) is 5. The zero-order valence-electron chi connectivity index (χ0n) is 15.0. The Bertz CT molecular complexity index is 1080.